The van der Waals surface area contributed by atoms with Gasteiger partial charge in [-0.2, -0.15) is 10.5 Å². The van der Waals surface area contributed by atoms with E-state index in [9.17, 15) is 10.5 Å². The van der Waals surface area contributed by atoms with Crippen molar-refractivity contribution in [1.82, 2.24) is 19.1 Å². The lowest BCUT2D eigenvalue weighted by molar-refractivity contribution is 0.663. The lowest BCUT2D eigenvalue weighted by atomic mass is 10.0. The van der Waals surface area contributed by atoms with Crippen molar-refractivity contribution < 1.29 is 4.42 Å². The van der Waals surface area contributed by atoms with Gasteiger partial charge < -0.3 is 13.6 Å². The second-order valence-electron chi connectivity index (χ2n) is 12.1. The van der Waals surface area contributed by atoms with Crippen molar-refractivity contribution in [2.45, 2.75) is 0 Å². The van der Waals surface area contributed by atoms with Gasteiger partial charge in [0, 0.05) is 38.3 Å². The Morgan fingerprint density at radius 1 is 0.490 bits per heavy atom. The third-order valence-electron chi connectivity index (χ3n) is 9.45. The van der Waals surface area contributed by atoms with Crippen LogP contribution in [0.2, 0.25) is 0 Å². The molecule has 0 amide bonds. The normalized spacial score (nSPS) is 11.6. The van der Waals surface area contributed by atoms with Crippen LogP contribution in [0.3, 0.4) is 0 Å². The molecule has 10 aromatic rings. The first-order valence-electron chi connectivity index (χ1n) is 15.9. The molecule has 0 atom stereocenters. The summed E-state index contributed by atoms with van der Waals surface area (Å²) in [4.78, 5) is 8.45. The van der Waals surface area contributed by atoms with Gasteiger partial charge in [0.05, 0.1) is 22.1 Å². The fourth-order valence-corrected chi connectivity index (χ4v) is 7.33. The van der Waals surface area contributed by atoms with Gasteiger partial charge in [-0.1, -0.05) is 66.7 Å². The van der Waals surface area contributed by atoms with Crippen molar-refractivity contribution >= 4 is 65.7 Å². The molecule has 0 N–H and O–H groups in total. The van der Waals surface area contributed by atoms with E-state index in [0.29, 0.717) is 16.5 Å². The molecule has 0 fully saturated rings. The van der Waals surface area contributed by atoms with Gasteiger partial charge in [0.15, 0.2) is 11.3 Å². The standard InChI is InChI=1S/C42H22N6O/c43-23-34-42-41(46-40(24-44)45-34)33-22-28(16-19-39(33)49-42)48-36-13-7-5-11-30(36)32-21-26(15-18-38(32)48)25-14-17-37-31(20-25)29-10-4-6-12-35(29)47(37)27-8-2-1-3-9-27/h1-22H. The smallest absolute Gasteiger partial charge is 0.234 e. The molecule has 4 aromatic heterocycles. The van der Waals surface area contributed by atoms with Crippen LogP contribution < -0.4 is 0 Å². The zero-order chi connectivity index (χ0) is 32.6. The van der Waals surface area contributed by atoms with Crippen molar-refractivity contribution in [2.24, 2.45) is 0 Å². The fourth-order valence-electron chi connectivity index (χ4n) is 7.33. The molecule has 0 spiro atoms. The summed E-state index contributed by atoms with van der Waals surface area (Å²) < 4.78 is 10.6. The van der Waals surface area contributed by atoms with Crippen LogP contribution in [-0.2, 0) is 0 Å². The molecule has 0 aliphatic carbocycles. The summed E-state index contributed by atoms with van der Waals surface area (Å²) >= 11 is 0. The summed E-state index contributed by atoms with van der Waals surface area (Å²) in [7, 11) is 0. The van der Waals surface area contributed by atoms with Gasteiger partial charge in [-0.05, 0) is 77.9 Å². The highest BCUT2D eigenvalue weighted by Gasteiger charge is 2.19. The number of hydrogen-bond donors (Lipinski definition) is 0. The van der Waals surface area contributed by atoms with Gasteiger partial charge in [0.2, 0.25) is 5.82 Å². The van der Waals surface area contributed by atoms with Crippen LogP contribution in [0.4, 0.5) is 0 Å². The highest BCUT2D eigenvalue weighted by molar-refractivity contribution is 6.13. The number of nitriles is 2. The van der Waals surface area contributed by atoms with Crippen molar-refractivity contribution in [3.05, 3.63) is 145 Å². The second-order valence-corrected chi connectivity index (χ2v) is 12.1. The van der Waals surface area contributed by atoms with E-state index >= 15 is 0 Å². The average Bonchev–Trinajstić information content (AvgIpc) is 3.81. The van der Waals surface area contributed by atoms with Crippen LogP contribution in [0.15, 0.2) is 138 Å². The monoisotopic (exact) mass is 626 g/mol. The Kier molecular flexibility index (Phi) is 5.58. The Morgan fingerprint density at radius 3 is 1.71 bits per heavy atom. The van der Waals surface area contributed by atoms with E-state index in [4.69, 9.17) is 4.42 Å². The van der Waals surface area contributed by atoms with Crippen molar-refractivity contribution in [3.8, 4) is 34.6 Å². The van der Waals surface area contributed by atoms with Crippen molar-refractivity contribution in [1.29, 1.82) is 10.5 Å². The molecule has 6 aromatic carbocycles. The topological polar surface area (TPSA) is 96.4 Å². The van der Waals surface area contributed by atoms with Gasteiger partial charge >= 0.3 is 0 Å². The van der Waals surface area contributed by atoms with Crippen LogP contribution in [0.5, 0.6) is 0 Å². The summed E-state index contributed by atoms with van der Waals surface area (Å²) in [6.07, 6.45) is 0. The Balaban J connectivity index is 1.17. The molecule has 0 radical (unpaired) electrons. The molecule has 226 valence electrons. The van der Waals surface area contributed by atoms with Crippen molar-refractivity contribution in [2.75, 3.05) is 0 Å². The Labute approximate surface area is 278 Å². The summed E-state index contributed by atoms with van der Waals surface area (Å²) in [5, 5.41) is 24.6. The van der Waals surface area contributed by atoms with E-state index in [1.54, 1.807) is 0 Å². The highest BCUT2D eigenvalue weighted by Crippen LogP contribution is 2.39. The first-order chi connectivity index (χ1) is 24.2. The van der Waals surface area contributed by atoms with E-state index in [2.05, 4.69) is 122 Å². The molecule has 49 heavy (non-hydrogen) atoms. The minimum absolute atomic E-state index is 0.0477. The lowest BCUT2D eigenvalue weighted by Gasteiger charge is -2.09. The van der Waals surface area contributed by atoms with E-state index in [1.165, 1.54) is 21.8 Å². The van der Waals surface area contributed by atoms with Gasteiger partial charge in [-0.3, -0.25) is 0 Å². The van der Waals surface area contributed by atoms with Crippen molar-refractivity contribution in [3.63, 3.8) is 0 Å². The number of furan rings is 1. The number of hydrogen-bond acceptors (Lipinski definition) is 5. The van der Waals surface area contributed by atoms with Crippen LogP contribution in [0.25, 0.3) is 88.2 Å². The average molecular weight is 627 g/mol. The molecule has 0 unspecified atom stereocenters. The number of fused-ring (bicyclic) bond motifs is 9. The Morgan fingerprint density at radius 2 is 1.08 bits per heavy atom. The maximum absolute atomic E-state index is 9.66. The molecule has 7 heteroatoms. The molecule has 7 nitrogen and oxygen atoms in total. The minimum Gasteiger partial charge on any atom is -0.451 e. The number of nitrogens with zero attached hydrogens (tertiary/aromatic N) is 6. The summed E-state index contributed by atoms with van der Waals surface area (Å²) in [5.41, 5.74) is 10.2. The van der Waals surface area contributed by atoms with E-state index < -0.39 is 0 Å². The summed E-state index contributed by atoms with van der Waals surface area (Å²) in [6.45, 7) is 0. The number of para-hydroxylation sites is 3. The molecular formula is C42H22N6O. The zero-order valence-electron chi connectivity index (χ0n) is 25.8. The Bertz CT molecular complexity index is 3080. The fraction of sp³-hybridized carbons (Fsp3) is 0. The van der Waals surface area contributed by atoms with Crippen LogP contribution in [0.1, 0.15) is 11.5 Å². The van der Waals surface area contributed by atoms with Crippen LogP contribution >= 0.6 is 0 Å². The molecule has 0 saturated heterocycles. The molecular weight excluding hydrogens is 605 g/mol. The SMILES string of the molecule is N#Cc1nc(C#N)c2oc3ccc(-n4c5ccccc5c5cc(-c6ccc7c(c6)c6ccccc6n7-c6ccccc6)ccc54)cc3c2n1. The predicted molar refractivity (Wildman–Crippen MR) is 193 cm³/mol. The van der Waals surface area contributed by atoms with E-state index in [0.717, 1.165) is 44.3 Å². The Hall–Kier alpha value is -7.22. The maximum Gasteiger partial charge on any atom is 0.234 e. The third-order valence-corrected chi connectivity index (χ3v) is 9.45. The molecule has 0 aliphatic heterocycles. The number of benzene rings is 6. The predicted octanol–water partition coefficient (Wildman–Crippen LogP) is 9.98. The molecule has 0 aliphatic rings. The first-order valence-corrected chi connectivity index (χ1v) is 15.9. The minimum atomic E-state index is -0.0654. The van der Waals surface area contributed by atoms with E-state index in [-0.39, 0.29) is 17.1 Å². The van der Waals surface area contributed by atoms with Gasteiger partial charge in [-0.25, -0.2) is 9.97 Å². The first kappa shape index (κ1) is 26.9. The molecule has 4 heterocycles. The van der Waals surface area contributed by atoms with E-state index in [1.807, 2.05) is 42.5 Å². The molecule has 0 saturated carbocycles. The second kappa shape index (κ2) is 10.1. The number of aromatic nitrogens is 4. The van der Waals surface area contributed by atoms with Crippen LogP contribution in [-0.4, -0.2) is 19.1 Å². The van der Waals surface area contributed by atoms with Gasteiger partial charge in [0.1, 0.15) is 23.2 Å². The van der Waals surface area contributed by atoms with Gasteiger partial charge in [0.25, 0.3) is 0 Å². The maximum atomic E-state index is 9.66. The van der Waals surface area contributed by atoms with Gasteiger partial charge in [-0.15, -0.1) is 0 Å². The lowest BCUT2D eigenvalue weighted by Crippen LogP contribution is -1.94. The largest absolute Gasteiger partial charge is 0.451 e. The summed E-state index contributed by atoms with van der Waals surface area (Å²) in [6, 6.07) is 50.8. The summed E-state index contributed by atoms with van der Waals surface area (Å²) in [5.74, 6) is -0.0654. The highest BCUT2D eigenvalue weighted by atomic mass is 16.3. The zero-order valence-corrected chi connectivity index (χ0v) is 25.8. The molecule has 10 rings (SSSR count). The van der Waals surface area contributed by atoms with Crippen LogP contribution in [0, 0.1) is 22.7 Å². The molecule has 0 bridgehead atoms. The quantitative estimate of drug-likeness (QED) is 0.194. The number of rotatable bonds is 3. The third kappa shape index (κ3) is 3.88.